The summed E-state index contributed by atoms with van der Waals surface area (Å²) in [7, 11) is 0. The third-order valence-electron chi connectivity index (χ3n) is 5.61. The molecule has 5 heteroatoms. The van der Waals surface area contributed by atoms with Crippen LogP contribution in [0, 0.1) is 17.7 Å². The molecule has 2 aliphatic rings. The number of halogens is 1. The van der Waals surface area contributed by atoms with Crippen LogP contribution in [0.4, 0.5) is 10.1 Å². The molecule has 27 heavy (non-hydrogen) atoms. The molecule has 0 aliphatic heterocycles. The Bertz CT molecular complexity index is 896. The first kappa shape index (κ1) is 17.7. The van der Waals surface area contributed by atoms with Crippen LogP contribution in [0.5, 0.6) is 0 Å². The van der Waals surface area contributed by atoms with Crippen molar-refractivity contribution in [2.24, 2.45) is 11.8 Å². The SMILES string of the molecule is C[C@@H]1C[C@@H]1C(=O)Nc1ccc(F)cc1C(=O)N[C@H]1CCc2ccccc2C1. The van der Waals surface area contributed by atoms with Gasteiger partial charge in [-0.05, 0) is 60.9 Å². The van der Waals surface area contributed by atoms with Crippen molar-refractivity contribution in [1.29, 1.82) is 0 Å². The van der Waals surface area contributed by atoms with E-state index in [0.717, 1.165) is 25.7 Å². The lowest BCUT2D eigenvalue weighted by atomic mass is 9.88. The number of anilines is 1. The van der Waals surface area contributed by atoms with E-state index in [9.17, 15) is 14.0 Å². The van der Waals surface area contributed by atoms with Gasteiger partial charge >= 0.3 is 0 Å². The first-order chi connectivity index (χ1) is 13.0. The Morgan fingerprint density at radius 2 is 1.85 bits per heavy atom. The lowest BCUT2D eigenvalue weighted by Crippen LogP contribution is -2.39. The zero-order valence-electron chi connectivity index (χ0n) is 15.3. The molecule has 4 rings (SSSR count). The van der Waals surface area contributed by atoms with Crippen molar-refractivity contribution in [3.63, 3.8) is 0 Å². The minimum absolute atomic E-state index is 0.00248. The predicted octanol–water partition coefficient (Wildman–Crippen LogP) is 3.71. The lowest BCUT2D eigenvalue weighted by Gasteiger charge is -2.26. The number of carbonyl (C=O) groups is 2. The molecule has 0 radical (unpaired) electrons. The van der Waals surface area contributed by atoms with Gasteiger partial charge in [-0.3, -0.25) is 9.59 Å². The van der Waals surface area contributed by atoms with E-state index in [1.165, 1.54) is 29.3 Å². The quantitative estimate of drug-likeness (QED) is 0.867. The molecule has 2 aliphatic carbocycles. The van der Waals surface area contributed by atoms with E-state index in [1.807, 2.05) is 19.1 Å². The number of carbonyl (C=O) groups excluding carboxylic acids is 2. The normalized spacial score (nSPS) is 23.3. The highest BCUT2D eigenvalue weighted by atomic mass is 19.1. The second-order valence-electron chi connectivity index (χ2n) is 7.68. The number of fused-ring (bicyclic) bond motifs is 1. The van der Waals surface area contributed by atoms with Crippen LogP contribution < -0.4 is 10.6 Å². The summed E-state index contributed by atoms with van der Waals surface area (Å²) in [5, 5.41) is 5.81. The molecule has 2 amide bonds. The number of hydrogen-bond donors (Lipinski definition) is 2. The molecule has 0 bridgehead atoms. The molecule has 3 atom stereocenters. The summed E-state index contributed by atoms with van der Waals surface area (Å²) in [6.07, 6.45) is 3.38. The molecule has 140 valence electrons. The standard InChI is InChI=1S/C22H23FN2O2/c1-13-10-18(13)21(26)25-20-9-7-16(23)12-19(20)22(27)24-17-8-6-14-4-2-3-5-15(14)11-17/h2-5,7,9,12-13,17-18H,6,8,10-11H2,1H3,(H,24,27)(H,25,26)/t13-,17+,18+/m1/s1. The van der Waals surface area contributed by atoms with E-state index in [-0.39, 0.29) is 29.3 Å². The van der Waals surface area contributed by atoms with Gasteiger partial charge in [-0.15, -0.1) is 0 Å². The van der Waals surface area contributed by atoms with Gasteiger partial charge < -0.3 is 10.6 Å². The van der Waals surface area contributed by atoms with Gasteiger partial charge in [0.1, 0.15) is 5.82 Å². The molecule has 0 aromatic heterocycles. The molecule has 0 unspecified atom stereocenters. The zero-order chi connectivity index (χ0) is 19.0. The third-order valence-corrected chi connectivity index (χ3v) is 5.61. The summed E-state index contributed by atoms with van der Waals surface area (Å²) in [5.41, 5.74) is 3.11. The minimum atomic E-state index is -0.494. The first-order valence-electron chi connectivity index (χ1n) is 9.49. The second kappa shape index (κ2) is 7.14. The van der Waals surface area contributed by atoms with E-state index in [4.69, 9.17) is 0 Å². The minimum Gasteiger partial charge on any atom is -0.349 e. The van der Waals surface area contributed by atoms with Crippen LogP contribution in [-0.2, 0) is 17.6 Å². The molecular weight excluding hydrogens is 343 g/mol. The topological polar surface area (TPSA) is 58.2 Å². The highest BCUT2D eigenvalue weighted by Gasteiger charge is 2.39. The molecule has 2 aromatic rings. The van der Waals surface area contributed by atoms with E-state index in [0.29, 0.717) is 11.6 Å². The van der Waals surface area contributed by atoms with Crippen molar-refractivity contribution in [2.75, 3.05) is 5.32 Å². The van der Waals surface area contributed by atoms with Crippen LogP contribution in [0.25, 0.3) is 0 Å². The van der Waals surface area contributed by atoms with Gasteiger partial charge in [0.15, 0.2) is 0 Å². The molecule has 2 aromatic carbocycles. The third kappa shape index (κ3) is 3.87. The molecule has 1 fully saturated rings. The summed E-state index contributed by atoms with van der Waals surface area (Å²) in [6, 6.07) is 12.2. The van der Waals surface area contributed by atoms with Crippen LogP contribution in [0.2, 0.25) is 0 Å². The van der Waals surface area contributed by atoms with Gasteiger partial charge in [0.25, 0.3) is 5.91 Å². The van der Waals surface area contributed by atoms with E-state index < -0.39 is 5.82 Å². The van der Waals surface area contributed by atoms with Crippen LogP contribution in [0.15, 0.2) is 42.5 Å². The fraction of sp³-hybridized carbons (Fsp3) is 0.364. The lowest BCUT2D eigenvalue weighted by molar-refractivity contribution is -0.117. The highest BCUT2D eigenvalue weighted by Crippen LogP contribution is 2.38. The summed E-state index contributed by atoms with van der Waals surface area (Å²) in [6.45, 7) is 2.02. The Kier molecular flexibility index (Phi) is 4.68. The highest BCUT2D eigenvalue weighted by molar-refractivity contribution is 6.04. The number of aryl methyl sites for hydroxylation is 1. The van der Waals surface area contributed by atoms with Crippen molar-refractivity contribution in [3.8, 4) is 0 Å². The molecule has 1 saturated carbocycles. The Balaban J connectivity index is 1.48. The fourth-order valence-corrected chi connectivity index (χ4v) is 3.81. The molecular formula is C22H23FN2O2. The molecule has 4 nitrogen and oxygen atoms in total. The van der Waals surface area contributed by atoms with Crippen molar-refractivity contribution < 1.29 is 14.0 Å². The average molecular weight is 366 g/mol. The first-order valence-corrected chi connectivity index (χ1v) is 9.49. The maximum Gasteiger partial charge on any atom is 0.253 e. The summed E-state index contributed by atoms with van der Waals surface area (Å²) in [4.78, 5) is 25.0. The van der Waals surface area contributed by atoms with Crippen molar-refractivity contribution >= 4 is 17.5 Å². The molecule has 0 spiro atoms. The second-order valence-corrected chi connectivity index (χ2v) is 7.68. The van der Waals surface area contributed by atoms with Gasteiger partial charge in [-0.1, -0.05) is 31.2 Å². The van der Waals surface area contributed by atoms with E-state index in [1.54, 1.807) is 0 Å². The van der Waals surface area contributed by atoms with Gasteiger partial charge in [0, 0.05) is 12.0 Å². The zero-order valence-corrected chi connectivity index (χ0v) is 15.3. The number of benzene rings is 2. The summed E-state index contributed by atoms with van der Waals surface area (Å²) in [5.74, 6) is -0.592. The van der Waals surface area contributed by atoms with Gasteiger partial charge in [0.05, 0.1) is 11.3 Å². The Labute approximate surface area is 158 Å². The largest absolute Gasteiger partial charge is 0.349 e. The molecule has 0 heterocycles. The van der Waals surface area contributed by atoms with Gasteiger partial charge in [0.2, 0.25) is 5.91 Å². The van der Waals surface area contributed by atoms with E-state index >= 15 is 0 Å². The average Bonchev–Trinajstić information content (AvgIpc) is 3.40. The monoisotopic (exact) mass is 366 g/mol. The van der Waals surface area contributed by atoms with Crippen LogP contribution in [0.3, 0.4) is 0 Å². The van der Waals surface area contributed by atoms with Crippen molar-refractivity contribution in [1.82, 2.24) is 5.32 Å². The molecule has 0 saturated heterocycles. The number of rotatable bonds is 4. The fourth-order valence-electron chi connectivity index (χ4n) is 3.81. The Morgan fingerprint density at radius 3 is 2.59 bits per heavy atom. The number of nitrogens with one attached hydrogen (secondary N) is 2. The number of amides is 2. The smallest absolute Gasteiger partial charge is 0.253 e. The van der Waals surface area contributed by atoms with Crippen molar-refractivity contribution in [2.45, 2.75) is 38.6 Å². The Morgan fingerprint density at radius 1 is 1.11 bits per heavy atom. The maximum atomic E-state index is 13.8. The summed E-state index contributed by atoms with van der Waals surface area (Å²) >= 11 is 0. The Hall–Kier alpha value is -2.69. The van der Waals surface area contributed by atoms with E-state index in [2.05, 4.69) is 22.8 Å². The van der Waals surface area contributed by atoms with Gasteiger partial charge in [-0.2, -0.15) is 0 Å². The van der Waals surface area contributed by atoms with Crippen LogP contribution in [-0.4, -0.2) is 17.9 Å². The van der Waals surface area contributed by atoms with Gasteiger partial charge in [-0.25, -0.2) is 4.39 Å². The maximum absolute atomic E-state index is 13.8. The van der Waals surface area contributed by atoms with Crippen LogP contribution in [0.1, 0.15) is 41.3 Å². The molecule has 2 N–H and O–H groups in total. The van der Waals surface area contributed by atoms with Crippen molar-refractivity contribution in [3.05, 3.63) is 65.0 Å². The number of hydrogen-bond acceptors (Lipinski definition) is 2. The predicted molar refractivity (Wildman–Crippen MR) is 102 cm³/mol. The van der Waals surface area contributed by atoms with Crippen LogP contribution >= 0.6 is 0 Å². The summed E-state index contributed by atoms with van der Waals surface area (Å²) < 4.78 is 13.8.